The summed E-state index contributed by atoms with van der Waals surface area (Å²) >= 11 is 3.34. The molecule has 3 fully saturated rings. The van der Waals surface area contributed by atoms with Gasteiger partial charge in [-0.05, 0) is 86.9 Å². The van der Waals surface area contributed by atoms with Crippen molar-refractivity contribution in [2.45, 2.75) is 71.1 Å². The Hall–Kier alpha value is -1.63. The van der Waals surface area contributed by atoms with Crippen molar-refractivity contribution in [1.29, 1.82) is 0 Å². The maximum Gasteiger partial charge on any atom is 0.411 e. The lowest BCUT2D eigenvalue weighted by Gasteiger charge is -2.50. The first-order valence-corrected chi connectivity index (χ1v) is 9.90. The SMILES string of the molecule is Cc1ccc(Br)nc1NC(=O)[C@@H]1C2CCC(CC2)N1C(=O)OC(C)(C)C. The first-order valence-electron chi connectivity index (χ1n) is 9.11. The number of nitrogens with one attached hydrogen (secondary N) is 1. The molecule has 1 aromatic heterocycles. The molecule has 1 aliphatic carbocycles. The fraction of sp³-hybridized carbons (Fsp3) is 0.632. The summed E-state index contributed by atoms with van der Waals surface area (Å²) in [6, 6.07) is 3.30. The summed E-state index contributed by atoms with van der Waals surface area (Å²) in [5, 5.41) is 2.92. The Bertz CT molecular complexity index is 708. The van der Waals surface area contributed by atoms with Crippen LogP contribution < -0.4 is 5.32 Å². The number of hydrogen-bond acceptors (Lipinski definition) is 4. The van der Waals surface area contributed by atoms with Crippen LogP contribution in [0.15, 0.2) is 16.7 Å². The number of piperidine rings is 2. The Kier molecular flexibility index (Phi) is 5.28. The molecule has 2 saturated heterocycles. The Morgan fingerprint density at radius 3 is 2.50 bits per heavy atom. The monoisotopic (exact) mass is 423 g/mol. The molecule has 26 heavy (non-hydrogen) atoms. The minimum Gasteiger partial charge on any atom is -0.444 e. The van der Waals surface area contributed by atoms with Crippen LogP contribution in [-0.4, -0.2) is 39.6 Å². The molecular weight excluding hydrogens is 398 g/mol. The minimum absolute atomic E-state index is 0.0714. The highest BCUT2D eigenvalue weighted by molar-refractivity contribution is 9.10. The normalized spacial score (nSPS) is 25.1. The van der Waals surface area contributed by atoms with Crippen molar-refractivity contribution in [3.05, 3.63) is 22.3 Å². The third-order valence-electron chi connectivity index (χ3n) is 5.06. The van der Waals surface area contributed by atoms with Gasteiger partial charge in [-0.3, -0.25) is 9.69 Å². The Labute approximate surface area is 162 Å². The molecule has 3 heterocycles. The predicted octanol–water partition coefficient (Wildman–Crippen LogP) is 4.27. The second-order valence-corrected chi connectivity index (χ2v) is 9.00. The van der Waals surface area contributed by atoms with Gasteiger partial charge in [0.05, 0.1) is 0 Å². The number of amides is 2. The number of aryl methyl sites for hydroxylation is 1. The molecule has 0 spiro atoms. The molecule has 6 nitrogen and oxygen atoms in total. The van der Waals surface area contributed by atoms with Crippen molar-refractivity contribution in [1.82, 2.24) is 9.88 Å². The van der Waals surface area contributed by atoms with Gasteiger partial charge in [0, 0.05) is 6.04 Å². The van der Waals surface area contributed by atoms with E-state index in [0.717, 1.165) is 31.2 Å². The molecule has 2 aliphatic heterocycles. The second-order valence-electron chi connectivity index (χ2n) is 8.19. The largest absolute Gasteiger partial charge is 0.444 e. The summed E-state index contributed by atoms with van der Waals surface area (Å²) in [6.07, 6.45) is 3.40. The number of fused-ring (bicyclic) bond motifs is 3. The molecule has 7 heteroatoms. The Balaban J connectivity index is 1.83. The van der Waals surface area contributed by atoms with Crippen LogP contribution in [0.5, 0.6) is 0 Å². The number of anilines is 1. The average molecular weight is 424 g/mol. The van der Waals surface area contributed by atoms with Gasteiger partial charge in [0.1, 0.15) is 22.1 Å². The second kappa shape index (κ2) is 7.18. The number of halogens is 1. The topological polar surface area (TPSA) is 71.5 Å². The first kappa shape index (κ1) is 19.1. The molecule has 1 aromatic rings. The first-order chi connectivity index (χ1) is 12.2. The highest BCUT2D eigenvalue weighted by Crippen LogP contribution is 2.40. The van der Waals surface area contributed by atoms with Crippen LogP contribution in [0.2, 0.25) is 0 Å². The number of carbonyl (C=O) groups excluding carboxylic acids is 2. The van der Waals surface area contributed by atoms with Gasteiger partial charge < -0.3 is 10.1 Å². The van der Waals surface area contributed by atoms with Crippen molar-refractivity contribution < 1.29 is 14.3 Å². The number of carbonyl (C=O) groups is 2. The summed E-state index contributed by atoms with van der Waals surface area (Å²) in [4.78, 5) is 31.9. The molecule has 2 amide bonds. The molecule has 1 N–H and O–H groups in total. The molecule has 2 bridgehead atoms. The Morgan fingerprint density at radius 1 is 1.23 bits per heavy atom. The lowest BCUT2D eigenvalue weighted by Crippen LogP contribution is -2.62. The van der Waals surface area contributed by atoms with Crippen LogP contribution >= 0.6 is 15.9 Å². The average Bonchev–Trinajstić information content (AvgIpc) is 2.56. The number of pyridine rings is 1. The van der Waals surface area contributed by atoms with Crippen molar-refractivity contribution in [3.8, 4) is 0 Å². The van der Waals surface area contributed by atoms with Crippen molar-refractivity contribution in [3.63, 3.8) is 0 Å². The highest BCUT2D eigenvalue weighted by Gasteiger charge is 2.49. The molecule has 0 aromatic carbocycles. The molecule has 1 saturated carbocycles. The third-order valence-corrected chi connectivity index (χ3v) is 5.50. The molecule has 0 unspecified atom stereocenters. The molecule has 4 rings (SSSR count). The standard InChI is InChI=1S/C19H26BrN3O3/c1-11-5-10-14(20)21-16(11)22-17(24)15-12-6-8-13(9-7-12)23(15)18(25)26-19(2,3)4/h5,10,12-13,15H,6-9H2,1-4H3,(H,21,22,24)/t12?,13?,15-/m0/s1. The van der Waals surface area contributed by atoms with E-state index in [-0.39, 0.29) is 17.9 Å². The zero-order valence-corrected chi connectivity index (χ0v) is 17.3. The summed E-state index contributed by atoms with van der Waals surface area (Å²) < 4.78 is 6.25. The Morgan fingerprint density at radius 2 is 1.88 bits per heavy atom. The van der Waals surface area contributed by atoms with Crippen LogP contribution in [0.1, 0.15) is 52.0 Å². The van der Waals surface area contributed by atoms with Crippen molar-refractivity contribution in [2.24, 2.45) is 5.92 Å². The molecular formula is C19H26BrN3O3. The van der Waals surface area contributed by atoms with Gasteiger partial charge in [-0.2, -0.15) is 0 Å². The number of nitrogens with zero attached hydrogens (tertiary/aromatic N) is 2. The van der Waals surface area contributed by atoms with Gasteiger partial charge in [0.2, 0.25) is 5.91 Å². The van der Waals surface area contributed by atoms with Gasteiger partial charge in [0.25, 0.3) is 0 Å². The van der Waals surface area contributed by atoms with E-state index in [2.05, 4.69) is 26.2 Å². The number of aromatic nitrogens is 1. The summed E-state index contributed by atoms with van der Waals surface area (Å²) in [5.41, 5.74) is 0.295. The van der Waals surface area contributed by atoms with Crippen LogP contribution in [-0.2, 0) is 9.53 Å². The lowest BCUT2D eigenvalue weighted by atomic mass is 9.74. The number of rotatable bonds is 2. The van der Waals surface area contributed by atoms with E-state index in [1.54, 1.807) is 4.90 Å². The van der Waals surface area contributed by atoms with Gasteiger partial charge in [-0.15, -0.1) is 0 Å². The van der Waals surface area contributed by atoms with E-state index in [4.69, 9.17) is 4.74 Å². The van der Waals surface area contributed by atoms with Crippen molar-refractivity contribution in [2.75, 3.05) is 5.32 Å². The third kappa shape index (κ3) is 4.03. The van der Waals surface area contributed by atoms with Crippen LogP contribution in [0.4, 0.5) is 10.6 Å². The fourth-order valence-corrected chi connectivity index (χ4v) is 4.20. The summed E-state index contributed by atoms with van der Waals surface area (Å²) in [5.74, 6) is 0.508. The van der Waals surface area contributed by atoms with Gasteiger partial charge in [-0.25, -0.2) is 9.78 Å². The number of hydrogen-bond donors (Lipinski definition) is 1. The smallest absolute Gasteiger partial charge is 0.411 e. The van der Waals surface area contributed by atoms with E-state index in [1.807, 2.05) is 39.8 Å². The molecule has 0 radical (unpaired) electrons. The van der Waals surface area contributed by atoms with Crippen LogP contribution in [0.3, 0.4) is 0 Å². The lowest BCUT2D eigenvalue weighted by molar-refractivity contribution is -0.129. The minimum atomic E-state index is -0.586. The number of ether oxygens (including phenoxy) is 1. The van der Waals surface area contributed by atoms with Gasteiger partial charge in [0.15, 0.2) is 0 Å². The highest BCUT2D eigenvalue weighted by atomic mass is 79.9. The van der Waals surface area contributed by atoms with E-state index >= 15 is 0 Å². The van der Waals surface area contributed by atoms with E-state index in [1.165, 1.54) is 0 Å². The maximum atomic E-state index is 13.1. The van der Waals surface area contributed by atoms with E-state index in [0.29, 0.717) is 10.4 Å². The van der Waals surface area contributed by atoms with Crippen LogP contribution in [0.25, 0.3) is 0 Å². The summed E-state index contributed by atoms with van der Waals surface area (Å²) in [6.45, 7) is 7.43. The molecule has 3 aliphatic rings. The van der Waals surface area contributed by atoms with Crippen LogP contribution in [0, 0.1) is 12.8 Å². The maximum absolute atomic E-state index is 13.1. The van der Waals surface area contributed by atoms with Crippen molar-refractivity contribution >= 4 is 33.7 Å². The van der Waals surface area contributed by atoms with E-state index < -0.39 is 17.7 Å². The van der Waals surface area contributed by atoms with Gasteiger partial charge >= 0.3 is 6.09 Å². The van der Waals surface area contributed by atoms with Gasteiger partial charge in [-0.1, -0.05) is 6.07 Å². The fourth-order valence-electron chi connectivity index (χ4n) is 3.89. The molecule has 142 valence electrons. The quantitative estimate of drug-likeness (QED) is 0.720. The zero-order valence-electron chi connectivity index (χ0n) is 15.7. The molecule has 1 atom stereocenters. The summed E-state index contributed by atoms with van der Waals surface area (Å²) in [7, 11) is 0. The predicted molar refractivity (Wildman–Crippen MR) is 103 cm³/mol. The zero-order chi connectivity index (χ0) is 19.1. The van der Waals surface area contributed by atoms with E-state index in [9.17, 15) is 9.59 Å².